The summed E-state index contributed by atoms with van der Waals surface area (Å²) < 4.78 is 0. The van der Waals surface area contributed by atoms with Gasteiger partial charge in [0.15, 0.2) is 0 Å². The summed E-state index contributed by atoms with van der Waals surface area (Å²) in [7, 11) is -0.600. The highest BCUT2D eigenvalue weighted by molar-refractivity contribution is 6.45. The summed E-state index contributed by atoms with van der Waals surface area (Å²) in [4.78, 5) is 6.19. The van der Waals surface area contributed by atoms with E-state index in [1.807, 2.05) is 4.81 Å². The molecular weight excluding hydrogens is 310 g/mol. The molecule has 2 unspecified atom stereocenters. The molecule has 0 bridgehead atoms. The number of halogens is 2. The fourth-order valence-electron chi connectivity index (χ4n) is 3.47. The number of hydrogen-bond donors (Lipinski definition) is 2. The molecule has 0 aromatic carbocycles. The van der Waals surface area contributed by atoms with Gasteiger partial charge in [0.05, 0.1) is 10.7 Å². The van der Waals surface area contributed by atoms with Gasteiger partial charge in [-0.2, -0.15) is 0 Å². The van der Waals surface area contributed by atoms with Crippen LogP contribution in [0, 0.1) is 0 Å². The van der Waals surface area contributed by atoms with E-state index in [0.717, 1.165) is 32.2 Å². The van der Waals surface area contributed by atoms with E-state index in [1.165, 1.54) is 0 Å². The SMILES string of the molecule is CCCC1(C(O)c2ccc(Cl)c(Cl)n2)CCCN1B(C)O. The van der Waals surface area contributed by atoms with Crippen molar-refractivity contribution in [2.24, 2.45) is 0 Å². The van der Waals surface area contributed by atoms with Crippen molar-refractivity contribution >= 4 is 30.3 Å². The Kier molecular flexibility index (Phi) is 5.55. The standard InChI is InChI=1S/C14H21BCl2N2O2/c1-3-7-14(8-4-9-19(14)15(2)21)12(20)11-6-5-10(16)13(17)18-11/h5-6,12,20-21H,3-4,7-9H2,1-2H3. The van der Waals surface area contributed by atoms with Crippen LogP contribution in [0.3, 0.4) is 0 Å². The summed E-state index contributed by atoms with van der Waals surface area (Å²) in [5, 5.41) is 21.5. The second kappa shape index (κ2) is 6.84. The molecule has 1 fully saturated rings. The third-order valence-corrected chi connectivity index (χ3v) is 5.02. The molecule has 1 aliphatic heterocycles. The average molecular weight is 331 g/mol. The highest BCUT2D eigenvalue weighted by atomic mass is 35.5. The fourth-order valence-corrected chi connectivity index (χ4v) is 3.74. The topological polar surface area (TPSA) is 56.6 Å². The molecule has 4 nitrogen and oxygen atoms in total. The zero-order chi connectivity index (χ0) is 15.6. The van der Waals surface area contributed by atoms with Crippen LogP contribution < -0.4 is 0 Å². The quantitative estimate of drug-likeness (QED) is 0.643. The van der Waals surface area contributed by atoms with Crippen LogP contribution in [0.2, 0.25) is 17.0 Å². The van der Waals surface area contributed by atoms with Crippen LogP contribution in [0.5, 0.6) is 0 Å². The molecule has 1 saturated heterocycles. The lowest BCUT2D eigenvalue weighted by Gasteiger charge is -2.43. The zero-order valence-corrected chi connectivity index (χ0v) is 13.9. The minimum atomic E-state index is -0.802. The minimum absolute atomic E-state index is 0.196. The molecule has 21 heavy (non-hydrogen) atoms. The van der Waals surface area contributed by atoms with Crippen molar-refractivity contribution < 1.29 is 10.1 Å². The van der Waals surface area contributed by atoms with Crippen LogP contribution in [0.25, 0.3) is 0 Å². The molecule has 0 radical (unpaired) electrons. The summed E-state index contributed by atoms with van der Waals surface area (Å²) in [6.07, 6.45) is 2.69. The molecule has 2 rings (SSSR count). The summed E-state index contributed by atoms with van der Waals surface area (Å²) in [6, 6.07) is 3.35. The number of aliphatic hydroxyl groups is 1. The normalized spacial score (nSPS) is 24.3. The van der Waals surface area contributed by atoms with Gasteiger partial charge in [-0.05, 0) is 44.8 Å². The predicted octanol–water partition coefficient (Wildman–Crippen LogP) is 3.17. The van der Waals surface area contributed by atoms with Crippen LogP contribution in [0.4, 0.5) is 0 Å². The van der Waals surface area contributed by atoms with E-state index in [4.69, 9.17) is 23.2 Å². The van der Waals surface area contributed by atoms with Crippen LogP contribution in [-0.2, 0) is 0 Å². The minimum Gasteiger partial charge on any atom is -0.437 e. The Labute approximate surface area is 136 Å². The summed E-state index contributed by atoms with van der Waals surface area (Å²) in [5.74, 6) is 0. The molecule has 0 amide bonds. The van der Waals surface area contributed by atoms with Gasteiger partial charge in [-0.25, -0.2) is 4.98 Å². The van der Waals surface area contributed by atoms with Gasteiger partial charge in [0.2, 0.25) is 0 Å². The number of aliphatic hydroxyl groups excluding tert-OH is 1. The van der Waals surface area contributed by atoms with Crippen LogP contribution in [0.15, 0.2) is 12.1 Å². The average Bonchev–Trinajstić information content (AvgIpc) is 2.86. The van der Waals surface area contributed by atoms with Crippen molar-refractivity contribution in [2.45, 2.75) is 51.1 Å². The van der Waals surface area contributed by atoms with Crippen molar-refractivity contribution in [3.63, 3.8) is 0 Å². The Hall–Kier alpha value is -0.325. The van der Waals surface area contributed by atoms with Gasteiger partial charge >= 0.3 is 7.05 Å². The third kappa shape index (κ3) is 3.22. The van der Waals surface area contributed by atoms with Crippen LogP contribution in [0.1, 0.15) is 44.4 Å². The zero-order valence-electron chi connectivity index (χ0n) is 12.4. The highest BCUT2D eigenvalue weighted by Gasteiger charge is 2.49. The smallest absolute Gasteiger partial charge is 0.376 e. The first-order chi connectivity index (χ1) is 9.92. The monoisotopic (exact) mass is 330 g/mol. The number of nitrogens with zero attached hydrogens (tertiary/aromatic N) is 2. The van der Waals surface area contributed by atoms with Gasteiger partial charge in [-0.1, -0.05) is 36.5 Å². The maximum atomic E-state index is 10.9. The van der Waals surface area contributed by atoms with Crippen LogP contribution in [-0.4, -0.2) is 39.1 Å². The molecule has 1 aromatic rings. The first-order valence-electron chi connectivity index (χ1n) is 7.37. The third-order valence-electron chi connectivity index (χ3n) is 4.33. The van der Waals surface area contributed by atoms with Gasteiger partial charge in [-0.15, -0.1) is 0 Å². The molecule has 1 aromatic heterocycles. The molecular formula is C14H21BCl2N2O2. The van der Waals surface area contributed by atoms with E-state index < -0.39 is 18.7 Å². The van der Waals surface area contributed by atoms with E-state index >= 15 is 0 Å². The van der Waals surface area contributed by atoms with Gasteiger partial charge in [0.1, 0.15) is 11.3 Å². The second-order valence-electron chi connectivity index (χ2n) is 5.69. The first kappa shape index (κ1) is 17.0. The van der Waals surface area contributed by atoms with E-state index in [1.54, 1.807) is 19.0 Å². The lowest BCUT2D eigenvalue weighted by molar-refractivity contribution is 0.0116. The van der Waals surface area contributed by atoms with E-state index in [0.29, 0.717) is 10.7 Å². The maximum absolute atomic E-state index is 10.9. The molecule has 116 valence electrons. The Morgan fingerprint density at radius 1 is 1.48 bits per heavy atom. The maximum Gasteiger partial charge on any atom is 0.376 e. The molecule has 0 saturated carbocycles. The number of aromatic nitrogens is 1. The van der Waals surface area contributed by atoms with Gasteiger partial charge < -0.3 is 14.9 Å². The molecule has 0 aliphatic carbocycles. The van der Waals surface area contributed by atoms with E-state index in [2.05, 4.69) is 11.9 Å². The molecule has 2 N–H and O–H groups in total. The van der Waals surface area contributed by atoms with Crippen molar-refractivity contribution in [1.29, 1.82) is 0 Å². The highest BCUT2D eigenvalue weighted by Crippen LogP contribution is 2.43. The molecule has 7 heteroatoms. The van der Waals surface area contributed by atoms with E-state index in [-0.39, 0.29) is 5.15 Å². The molecule has 2 atom stereocenters. The van der Waals surface area contributed by atoms with Gasteiger partial charge in [0.25, 0.3) is 0 Å². The Balaban J connectivity index is 2.39. The van der Waals surface area contributed by atoms with Crippen molar-refractivity contribution in [3.8, 4) is 0 Å². The van der Waals surface area contributed by atoms with E-state index in [9.17, 15) is 10.1 Å². The van der Waals surface area contributed by atoms with Crippen molar-refractivity contribution in [1.82, 2.24) is 9.79 Å². The number of rotatable bonds is 5. The predicted molar refractivity (Wildman–Crippen MR) is 86.6 cm³/mol. The first-order valence-corrected chi connectivity index (χ1v) is 8.13. The Bertz CT molecular complexity index is 504. The van der Waals surface area contributed by atoms with Gasteiger partial charge in [0, 0.05) is 5.54 Å². The summed E-state index contributed by atoms with van der Waals surface area (Å²) in [5.41, 5.74) is 0.0120. The largest absolute Gasteiger partial charge is 0.437 e. The number of pyridine rings is 1. The fraction of sp³-hybridized carbons (Fsp3) is 0.643. The van der Waals surface area contributed by atoms with Gasteiger partial charge in [-0.3, -0.25) is 0 Å². The Morgan fingerprint density at radius 2 is 2.19 bits per heavy atom. The van der Waals surface area contributed by atoms with Crippen molar-refractivity contribution in [2.75, 3.05) is 6.54 Å². The second-order valence-corrected chi connectivity index (χ2v) is 6.46. The Morgan fingerprint density at radius 3 is 2.76 bits per heavy atom. The van der Waals surface area contributed by atoms with Crippen LogP contribution >= 0.6 is 23.2 Å². The molecule has 2 heterocycles. The number of hydrogen-bond acceptors (Lipinski definition) is 4. The lowest BCUT2D eigenvalue weighted by atomic mass is 9.74. The summed E-state index contributed by atoms with van der Waals surface area (Å²) >= 11 is 11.9. The summed E-state index contributed by atoms with van der Waals surface area (Å²) in [6.45, 7) is 4.59. The molecule has 1 aliphatic rings. The van der Waals surface area contributed by atoms with Crippen molar-refractivity contribution in [3.05, 3.63) is 28.0 Å². The lowest BCUT2D eigenvalue weighted by Crippen LogP contribution is -2.54. The molecule has 0 spiro atoms.